The van der Waals surface area contributed by atoms with Gasteiger partial charge in [0.2, 0.25) is 0 Å². The van der Waals surface area contributed by atoms with Crippen molar-refractivity contribution in [1.29, 1.82) is 0 Å². The van der Waals surface area contributed by atoms with Crippen LogP contribution < -0.4 is 0 Å². The van der Waals surface area contributed by atoms with Crippen LogP contribution in [0.25, 0.3) is 0 Å². The van der Waals surface area contributed by atoms with Gasteiger partial charge in [-0.25, -0.2) is 0 Å². The zero-order chi connectivity index (χ0) is 15.7. The van der Waals surface area contributed by atoms with Crippen LogP contribution in [0.15, 0.2) is 11.6 Å². The van der Waals surface area contributed by atoms with Gasteiger partial charge in [-0.05, 0) is 73.2 Å². The van der Waals surface area contributed by atoms with Crippen LogP contribution in [0, 0.1) is 28.6 Å². The van der Waals surface area contributed by atoms with Crippen LogP contribution in [-0.4, -0.2) is 28.2 Å². The number of carbonyl (C=O) groups is 1. The maximum atomic E-state index is 11.8. The first-order chi connectivity index (χ1) is 10.4. The summed E-state index contributed by atoms with van der Waals surface area (Å²) in [6.45, 7) is 4.55. The van der Waals surface area contributed by atoms with Crippen LogP contribution in [0.1, 0.15) is 58.8 Å². The van der Waals surface area contributed by atoms with E-state index in [4.69, 9.17) is 0 Å². The first kappa shape index (κ1) is 14.9. The van der Waals surface area contributed by atoms with Crippen LogP contribution in [0.5, 0.6) is 0 Å². The largest absolute Gasteiger partial charge is 0.393 e. The van der Waals surface area contributed by atoms with Gasteiger partial charge in [0.25, 0.3) is 0 Å². The van der Waals surface area contributed by atoms with E-state index in [-0.39, 0.29) is 28.8 Å². The van der Waals surface area contributed by atoms with Gasteiger partial charge in [-0.2, -0.15) is 0 Å². The summed E-state index contributed by atoms with van der Waals surface area (Å²) < 4.78 is 0. The van der Waals surface area contributed by atoms with Crippen molar-refractivity contribution in [3.05, 3.63) is 11.6 Å². The minimum atomic E-state index is -0.342. The van der Waals surface area contributed by atoms with Gasteiger partial charge in [0, 0.05) is 6.42 Å². The minimum Gasteiger partial charge on any atom is -0.393 e. The first-order valence-electron chi connectivity index (χ1n) is 8.96. The van der Waals surface area contributed by atoms with E-state index in [1.165, 1.54) is 5.57 Å². The van der Waals surface area contributed by atoms with Crippen LogP contribution in [0.3, 0.4) is 0 Å². The van der Waals surface area contributed by atoms with E-state index in [0.29, 0.717) is 30.6 Å². The van der Waals surface area contributed by atoms with Gasteiger partial charge in [0.05, 0.1) is 12.2 Å². The van der Waals surface area contributed by atoms with Crippen molar-refractivity contribution in [3.63, 3.8) is 0 Å². The predicted molar refractivity (Wildman–Crippen MR) is 84.1 cm³/mol. The Morgan fingerprint density at radius 1 is 1.09 bits per heavy atom. The van der Waals surface area contributed by atoms with Crippen molar-refractivity contribution in [2.24, 2.45) is 28.6 Å². The molecule has 0 saturated heterocycles. The molecule has 0 heterocycles. The number of ketones is 1. The Labute approximate surface area is 132 Å². The minimum absolute atomic E-state index is 0.00971. The molecule has 22 heavy (non-hydrogen) atoms. The second-order valence-corrected chi connectivity index (χ2v) is 8.75. The molecule has 3 nitrogen and oxygen atoms in total. The highest BCUT2D eigenvalue weighted by molar-refractivity contribution is 5.91. The van der Waals surface area contributed by atoms with Crippen molar-refractivity contribution in [2.45, 2.75) is 71.0 Å². The molecule has 0 aromatic heterocycles. The molecule has 0 aromatic rings. The third kappa shape index (κ3) is 1.78. The lowest BCUT2D eigenvalue weighted by Gasteiger charge is -2.59. The third-order valence-corrected chi connectivity index (χ3v) is 7.93. The molecule has 3 saturated carbocycles. The maximum Gasteiger partial charge on any atom is 0.155 e. The van der Waals surface area contributed by atoms with Gasteiger partial charge in [0.15, 0.2) is 5.78 Å². The second-order valence-electron chi connectivity index (χ2n) is 8.75. The van der Waals surface area contributed by atoms with E-state index in [1.807, 2.05) is 6.08 Å². The molecule has 4 aliphatic carbocycles. The van der Waals surface area contributed by atoms with E-state index in [0.717, 1.165) is 32.1 Å². The Morgan fingerprint density at radius 3 is 2.64 bits per heavy atom. The van der Waals surface area contributed by atoms with Crippen molar-refractivity contribution < 1.29 is 15.0 Å². The second kappa shape index (κ2) is 4.67. The van der Waals surface area contributed by atoms with E-state index in [1.54, 1.807) is 0 Å². The van der Waals surface area contributed by atoms with E-state index in [2.05, 4.69) is 13.8 Å². The lowest BCUT2D eigenvalue weighted by molar-refractivity contribution is -0.127. The molecule has 0 aliphatic heterocycles. The zero-order valence-electron chi connectivity index (χ0n) is 13.7. The molecule has 122 valence electrons. The summed E-state index contributed by atoms with van der Waals surface area (Å²) >= 11 is 0. The smallest absolute Gasteiger partial charge is 0.155 e. The fourth-order valence-electron chi connectivity index (χ4n) is 6.50. The summed E-state index contributed by atoms with van der Waals surface area (Å²) in [6.07, 6.45) is 7.61. The van der Waals surface area contributed by atoms with Crippen molar-refractivity contribution in [2.75, 3.05) is 0 Å². The molecule has 4 aliphatic rings. The van der Waals surface area contributed by atoms with Gasteiger partial charge < -0.3 is 10.2 Å². The van der Waals surface area contributed by atoms with Crippen LogP contribution in [0.4, 0.5) is 0 Å². The summed E-state index contributed by atoms with van der Waals surface area (Å²) in [5.74, 6) is 1.44. The van der Waals surface area contributed by atoms with Crippen LogP contribution in [-0.2, 0) is 4.79 Å². The summed E-state index contributed by atoms with van der Waals surface area (Å²) in [6, 6.07) is 0. The highest BCUT2D eigenvalue weighted by Gasteiger charge is 2.61. The molecule has 0 radical (unpaired) electrons. The fraction of sp³-hybridized carbons (Fsp3) is 0.842. The molecule has 3 heteroatoms. The normalized spacial score (nSPS) is 54.3. The molecule has 2 unspecified atom stereocenters. The molecule has 0 amide bonds. The van der Waals surface area contributed by atoms with E-state index in [9.17, 15) is 15.0 Å². The first-order valence-corrected chi connectivity index (χ1v) is 8.96. The van der Waals surface area contributed by atoms with Gasteiger partial charge in [-0.3, -0.25) is 4.79 Å². The monoisotopic (exact) mass is 304 g/mol. The van der Waals surface area contributed by atoms with Gasteiger partial charge in [0.1, 0.15) is 0 Å². The van der Waals surface area contributed by atoms with E-state index < -0.39 is 0 Å². The SMILES string of the molecule is C[C@]12CCC(=O)C=C1CC(O)[C@@H]1[C@H]2CC[C@]2(C)C(O)CC[C@@H]12. The van der Waals surface area contributed by atoms with Gasteiger partial charge >= 0.3 is 0 Å². The fourth-order valence-corrected chi connectivity index (χ4v) is 6.50. The molecule has 0 aromatic carbocycles. The lowest BCUT2D eigenvalue weighted by Crippen LogP contribution is -2.55. The molecular formula is C19H28O3. The summed E-state index contributed by atoms with van der Waals surface area (Å²) in [7, 11) is 0. The number of hydrogen-bond donors (Lipinski definition) is 2. The van der Waals surface area contributed by atoms with Gasteiger partial charge in [-0.1, -0.05) is 19.4 Å². The number of aliphatic hydroxyl groups is 2. The number of carbonyl (C=O) groups excluding carboxylic acids is 1. The molecule has 3 fully saturated rings. The Morgan fingerprint density at radius 2 is 1.86 bits per heavy atom. The summed E-state index contributed by atoms with van der Waals surface area (Å²) in [5, 5.41) is 21.3. The highest BCUT2D eigenvalue weighted by atomic mass is 16.3. The molecule has 2 N–H and O–H groups in total. The topological polar surface area (TPSA) is 57.5 Å². The van der Waals surface area contributed by atoms with Crippen molar-refractivity contribution in [1.82, 2.24) is 0 Å². The molecular weight excluding hydrogens is 276 g/mol. The predicted octanol–water partition coefficient (Wildman–Crippen LogP) is 2.85. The number of hydrogen-bond acceptors (Lipinski definition) is 3. The molecule has 0 spiro atoms. The Bertz CT molecular complexity index is 539. The number of rotatable bonds is 0. The highest BCUT2D eigenvalue weighted by Crippen LogP contribution is 2.65. The van der Waals surface area contributed by atoms with Crippen LogP contribution in [0.2, 0.25) is 0 Å². The molecule has 7 atom stereocenters. The Kier molecular flexibility index (Phi) is 3.16. The Hall–Kier alpha value is -0.670. The van der Waals surface area contributed by atoms with E-state index >= 15 is 0 Å². The summed E-state index contributed by atoms with van der Waals surface area (Å²) in [4.78, 5) is 11.8. The third-order valence-electron chi connectivity index (χ3n) is 7.93. The van der Waals surface area contributed by atoms with Crippen molar-refractivity contribution >= 4 is 5.78 Å². The number of fused-ring (bicyclic) bond motifs is 5. The number of aliphatic hydroxyl groups excluding tert-OH is 2. The Balaban J connectivity index is 1.74. The van der Waals surface area contributed by atoms with Crippen LogP contribution >= 0.6 is 0 Å². The molecule has 4 rings (SSSR count). The van der Waals surface area contributed by atoms with Gasteiger partial charge in [-0.15, -0.1) is 0 Å². The standard InChI is InChI=1S/C19H28O3/c1-18-7-5-12(20)9-11(18)10-15(21)17-13-3-4-16(22)19(13,2)8-6-14(17)18/h9,13-17,21-22H,3-8,10H2,1-2H3/t13-,14+,15?,16?,17-,18-,19-/m0/s1. The zero-order valence-corrected chi connectivity index (χ0v) is 13.7. The van der Waals surface area contributed by atoms with Crippen molar-refractivity contribution in [3.8, 4) is 0 Å². The maximum absolute atomic E-state index is 11.8. The average molecular weight is 304 g/mol. The quantitative estimate of drug-likeness (QED) is 0.723. The molecule has 0 bridgehead atoms. The average Bonchev–Trinajstić information content (AvgIpc) is 2.77. The lowest BCUT2D eigenvalue weighted by atomic mass is 9.46. The summed E-state index contributed by atoms with van der Waals surface area (Å²) in [5.41, 5.74) is 1.27.